The van der Waals surface area contributed by atoms with Crippen LogP contribution in [0.25, 0.3) is 22.3 Å². The van der Waals surface area contributed by atoms with Crippen LogP contribution in [0, 0.1) is 40.0 Å². The van der Waals surface area contributed by atoms with E-state index in [9.17, 15) is 14.3 Å². The predicted octanol–water partition coefficient (Wildman–Crippen LogP) is 6.99. The van der Waals surface area contributed by atoms with Crippen molar-refractivity contribution in [1.29, 1.82) is 5.26 Å². The molecule has 0 saturated carbocycles. The zero-order chi connectivity index (χ0) is 32.7. The Balaban J connectivity index is 1.34. The second kappa shape index (κ2) is 11.9. The third-order valence-electron chi connectivity index (χ3n) is 8.12. The van der Waals surface area contributed by atoms with Crippen molar-refractivity contribution in [2.75, 3.05) is 13.2 Å². The summed E-state index contributed by atoms with van der Waals surface area (Å²) in [5, 5.41) is 18.5. The molecule has 0 bridgehead atoms. The SMILES string of the molecule is CC1(C)COC[C@H]1n1c(Cc2c(F)cc(-c3cccc(OCc4ccc(C#N)cc4F)n3)c(F)c2F)nc2ccc(C(=O)O)cc21. The molecule has 5 aromatic rings. The van der Waals surface area contributed by atoms with Crippen molar-refractivity contribution in [3.8, 4) is 23.2 Å². The standard InChI is InChI=1S/C34H26F4N4O4/c1-34(2)17-45-16-28(34)42-27-11-19(33(43)44)8-9-26(27)40-29(42)13-21-24(36)12-22(32(38)31(21)37)25-4-3-5-30(41-25)46-15-20-7-6-18(14-39)10-23(20)35/h3-12,28H,13,15-17H2,1-2H3,(H,43,44)/t28-/m1/s1. The van der Waals surface area contributed by atoms with E-state index in [-0.39, 0.29) is 53.3 Å². The maximum Gasteiger partial charge on any atom is 0.335 e. The summed E-state index contributed by atoms with van der Waals surface area (Å²) >= 11 is 0. The van der Waals surface area contributed by atoms with Gasteiger partial charge in [-0.3, -0.25) is 0 Å². The highest BCUT2D eigenvalue weighted by atomic mass is 19.2. The number of carboxylic acids is 1. The molecule has 1 aliphatic rings. The Morgan fingerprint density at radius 1 is 1.07 bits per heavy atom. The summed E-state index contributed by atoms with van der Waals surface area (Å²) in [7, 11) is 0. The Labute approximate surface area is 260 Å². The van der Waals surface area contributed by atoms with Gasteiger partial charge in [-0.15, -0.1) is 0 Å². The lowest BCUT2D eigenvalue weighted by molar-refractivity contribution is 0.0697. The van der Waals surface area contributed by atoms with Crippen LogP contribution in [-0.2, 0) is 17.8 Å². The largest absolute Gasteiger partial charge is 0.478 e. The fraction of sp³-hybridized carbons (Fsp3) is 0.235. The normalized spacial score (nSPS) is 15.6. The Kier molecular flexibility index (Phi) is 7.96. The zero-order valence-electron chi connectivity index (χ0n) is 24.7. The number of rotatable bonds is 8. The Morgan fingerprint density at radius 2 is 1.87 bits per heavy atom. The van der Waals surface area contributed by atoms with E-state index in [4.69, 9.17) is 14.7 Å². The number of ether oxygens (including phenoxy) is 2. The van der Waals surface area contributed by atoms with Crippen LogP contribution < -0.4 is 4.74 Å². The van der Waals surface area contributed by atoms with Gasteiger partial charge in [0.05, 0.1) is 53.2 Å². The van der Waals surface area contributed by atoms with Gasteiger partial charge < -0.3 is 19.1 Å². The molecule has 8 nitrogen and oxygen atoms in total. The maximum atomic E-state index is 15.7. The van der Waals surface area contributed by atoms with Gasteiger partial charge in [0, 0.05) is 34.6 Å². The van der Waals surface area contributed by atoms with Crippen LogP contribution in [0.5, 0.6) is 5.88 Å². The van der Waals surface area contributed by atoms with Crippen molar-refractivity contribution < 1.29 is 36.9 Å². The molecule has 0 spiro atoms. The zero-order valence-corrected chi connectivity index (χ0v) is 24.7. The number of fused-ring (bicyclic) bond motifs is 1. The van der Waals surface area contributed by atoms with Crippen molar-refractivity contribution in [2.45, 2.75) is 32.9 Å². The van der Waals surface area contributed by atoms with E-state index in [1.165, 1.54) is 48.5 Å². The van der Waals surface area contributed by atoms with Crippen molar-refractivity contribution in [3.63, 3.8) is 0 Å². The Bertz CT molecular complexity index is 2050. The van der Waals surface area contributed by atoms with Crippen molar-refractivity contribution in [3.05, 3.63) is 112 Å². The van der Waals surface area contributed by atoms with Crippen LogP contribution >= 0.6 is 0 Å². The number of aromatic nitrogens is 3. The minimum atomic E-state index is -1.42. The third kappa shape index (κ3) is 5.65. The van der Waals surface area contributed by atoms with Gasteiger partial charge in [-0.2, -0.15) is 5.26 Å². The molecule has 46 heavy (non-hydrogen) atoms. The van der Waals surface area contributed by atoms with Crippen LogP contribution in [0.15, 0.2) is 60.7 Å². The summed E-state index contributed by atoms with van der Waals surface area (Å²) in [5.74, 6) is -5.41. The number of halogens is 4. The van der Waals surface area contributed by atoms with Gasteiger partial charge in [0.2, 0.25) is 5.88 Å². The first-order valence-electron chi connectivity index (χ1n) is 14.2. The molecule has 1 atom stereocenters. The van der Waals surface area contributed by atoms with Crippen LogP contribution in [0.2, 0.25) is 0 Å². The minimum Gasteiger partial charge on any atom is -0.478 e. The predicted molar refractivity (Wildman–Crippen MR) is 158 cm³/mol. The number of nitrogens with zero attached hydrogens (tertiary/aromatic N) is 4. The molecule has 1 saturated heterocycles. The Morgan fingerprint density at radius 3 is 2.57 bits per heavy atom. The summed E-state index contributed by atoms with van der Waals surface area (Å²) in [6.45, 7) is 4.34. The fourth-order valence-electron chi connectivity index (χ4n) is 5.60. The summed E-state index contributed by atoms with van der Waals surface area (Å²) in [4.78, 5) is 20.4. The molecule has 1 N–H and O–H groups in total. The molecule has 3 aromatic carbocycles. The van der Waals surface area contributed by atoms with Crippen molar-refractivity contribution in [1.82, 2.24) is 14.5 Å². The van der Waals surface area contributed by atoms with Gasteiger partial charge >= 0.3 is 5.97 Å². The fourth-order valence-corrected chi connectivity index (χ4v) is 5.60. The Hall–Kier alpha value is -5.28. The van der Waals surface area contributed by atoms with Crippen LogP contribution in [0.3, 0.4) is 0 Å². The van der Waals surface area contributed by atoms with Crippen LogP contribution in [0.4, 0.5) is 17.6 Å². The van der Waals surface area contributed by atoms with E-state index in [2.05, 4.69) is 9.97 Å². The summed E-state index contributed by atoms with van der Waals surface area (Å²) < 4.78 is 74.2. The third-order valence-corrected chi connectivity index (χ3v) is 8.12. The molecule has 2 aromatic heterocycles. The number of pyridine rings is 1. The van der Waals surface area contributed by atoms with Gasteiger partial charge in [0.25, 0.3) is 0 Å². The van der Waals surface area contributed by atoms with Gasteiger partial charge in [0.15, 0.2) is 11.6 Å². The number of aromatic carboxylic acids is 1. The highest BCUT2D eigenvalue weighted by Crippen LogP contribution is 2.41. The van der Waals surface area contributed by atoms with Crippen LogP contribution in [-0.4, -0.2) is 38.8 Å². The average molecular weight is 631 g/mol. The van der Waals surface area contributed by atoms with Gasteiger partial charge in [-0.05, 0) is 42.5 Å². The van der Waals surface area contributed by atoms with Crippen molar-refractivity contribution in [2.24, 2.45) is 5.41 Å². The lowest BCUT2D eigenvalue weighted by atomic mass is 9.87. The van der Waals surface area contributed by atoms with Crippen molar-refractivity contribution >= 4 is 17.0 Å². The van der Waals surface area contributed by atoms with Gasteiger partial charge in [0.1, 0.15) is 24.1 Å². The first-order valence-corrected chi connectivity index (χ1v) is 14.2. The number of carboxylic acid groups (broad SMARTS) is 1. The number of benzene rings is 3. The van der Waals surface area contributed by atoms with Gasteiger partial charge in [-0.1, -0.05) is 26.0 Å². The van der Waals surface area contributed by atoms with E-state index < -0.39 is 52.2 Å². The lowest BCUT2D eigenvalue weighted by Gasteiger charge is -2.28. The van der Waals surface area contributed by atoms with Crippen LogP contribution in [0.1, 0.15) is 52.8 Å². The quantitative estimate of drug-likeness (QED) is 0.145. The number of imidazole rings is 1. The van der Waals surface area contributed by atoms with E-state index >= 15 is 13.2 Å². The molecule has 234 valence electrons. The molecule has 0 aliphatic carbocycles. The van der Waals surface area contributed by atoms with E-state index in [0.29, 0.717) is 17.6 Å². The second-order valence-electron chi connectivity index (χ2n) is 11.7. The van der Waals surface area contributed by atoms with E-state index in [0.717, 1.165) is 12.1 Å². The highest BCUT2D eigenvalue weighted by molar-refractivity contribution is 5.92. The smallest absolute Gasteiger partial charge is 0.335 e. The van der Waals surface area contributed by atoms with E-state index in [1.807, 2.05) is 19.9 Å². The molecule has 3 heterocycles. The summed E-state index contributed by atoms with van der Waals surface area (Å²) in [5.41, 5.74) is -0.347. The molecule has 0 unspecified atom stereocenters. The molecule has 0 amide bonds. The summed E-state index contributed by atoms with van der Waals surface area (Å²) in [6, 6.07) is 14.8. The topological polar surface area (TPSA) is 110 Å². The monoisotopic (exact) mass is 630 g/mol. The molecule has 12 heteroatoms. The number of carbonyl (C=O) groups is 1. The molecule has 0 radical (unpaired) electrons. The lowest BCUT2D eigenvalue weighted by Crippen LogP contribution is -2.27. The molecular weight excluding hydrogens is 604 g/mol. The minimum absolute atomic E-state index is 0.0189. The number of nitriles is 1. The second-order valence-corrected chi connectivity index (χ2v) is 11.7. The molecular formula is C34H26F4N4O4. The average Bonchev–Trinajstić information content (AvgIpc) is 3.57. The first kappa shape index (κ1) is 30.7. The maximum absolute atomic E-state index is 15.7. The molecule has 6 rings (SSSR count). The highest BCUT2D eigenvalue weighted by Gasteiger charge is 2.39. The number of hydrogen-bond donors (Lipinski definition) is 1. The molecule has 1 fully saturated rings. The van der Waals surface area contributed by atoms with E-state index in [1.54, 1.807) is 4.57 Å². The van der Waals surface area contributed by atoms with Gasteiger partial charge in [-0.25, -0.2) is 32.3 Å². The summed E-state index contributed by atoms with van der Waals surface area (Å²) in [6.07, 6.45) is -0.425. The molecule has 1 aliphatic heterocycles. The number of hydrogen-bond acceptors (Lipinski definition) is 6. The first-order chi connectivity index (χ1) is 22.0.